The largest absolute Gasteiger partial charge is 0.306 e. The van der Waals surface area contributed by atoms with Gasteiger partial charge in [0.1, 0.15) is 0 Å². The van der Waals surface area contributed by atoms with Gasteiger partial charge >= 0.3 is 0 Å². The van der Waals surface area contributed by atoms with E-state index in [4.69, 9.17) is 0 Å². The summed E-state index contributed by atoms with van der Waals surface area (Å²) in [7, 11) is 0. The topological polar surface area (TPSA) is 12.0 Å². The van der Waals surface area contributed by atoms with Crippen molar-refractivity contribution >= 4 is 38.5 Å². The Morgan fingerprint density at radius 3 is 2.95 bits per heavy atom. The minimum Gasteiger partial charge on any atom is -0.306 e. The number of rotatable bonds is 5. The molecule has 2 rings (SSSR count). The maximum Gasteiger partial charge on any atom is 0.0547 e. The van der Waals surface area contributed by atoms with Crippen LogP contribution < -0.4 is 5.32 Å². The van der Waals surface area contributed by atoms with Crippen LogP contribution in [0.5, 0.6) is 0 Å². The van der Waals surface area contributed by atoms with Crippen LogP contribution in [0.15, 0.2) is 34.3 Å². The molecule has 0 amide bonds. The summed E-state index contributed by atoms with van der Waals surface area (Å²) in [6, 6.07) is 7.02. The molecule has 1 aromatic carbocycles. The van der Waals surface area contributed by atoms with Crippen LogP contribution in [0.2, 0.25) is 0 Å². The second kappa shape index (κ2) is 8.54. The number of nitrogens with one attached hydrogen (secondary N) is 1. The summed E-state index contributed by atoms with van der Waals surface area (Å²) in [5.41, 5.74) is 2.97. The highest BCUT2D eigenvalue weighted by molar-refractivity contribution is 14.1. The molecule has 0 radical (unpaired) electrons. The number of allylic oxidation sites excluding steroid dienone is 1. The van der Waals surface area contributed by atoms with Gasteiger partial charge in [-0.3, -0.25) is 0 Å². The van der Waals surface area contributed by atoms with Crippen molar-refractivity contribution in [2.24, 2.45) is 0 Å². The van der Waals surface area contributed by atoms with Crippen LogP contribution in [-0.2, 0) is 0 Å². The van der Waals surface area contributed by atoms with Gasteiger partial charge in [-0.1, -0.05) is 40.9 Å². The highest BCUT2D eigenvalue weighted by atomic mass is 127. The zero-order chi connectivity index (χ0) is 14.4. The summed E-state index contributed by atoms with van der Waals surface area (Å²) in [5, 5.41) is 3.75. The monoisotopic (exact) mass is 447 g/mol. The van der Waals surface area contributed by atoms with Crippen molar-refractivity contribution in [2.45, 2.75) is 51.5 Å². The van der Waals surface area contributed by atoms with Crippen LogP contribution in [0.3, 0.4) is 0 Å². The third-order valence-corrected chi connectivity index (χ3v) is 5.21. The van der Waals surface area contributed by atoms with E-state index in [0.717, 1.165) is 6.54 Å². The highest BCUT2D eigenvalue weighted by Gasteiger charge is 2.19. The molecule has 1 nitrogen and oxygen atoms in total. The van der Waals surface area contributed by atoms with E-state index in [1.807, 2.05) is 0 Å². The first kappa shape index (κ1) is 16.5. The fraction of sp³-hybridized carbons (Fsp3) is 0.529. The molecular weight excluding hydrogens is 425 g/mol. The molecule has 20 heavy (non-hydrogen) atoms. The van der Waals surface area contributed by atoms with Crippen LogP contribution in [0, 0.1) is 3.57 Å². The second-order valence-electron chi connectivity index (χ2n) is 5.43. The summed E-state index contributed by atoms with van der Waals surface area (Å²) < 4.78 is 2.52. The molecule has 110 valence electrons. The van der Waals surface area contributed by atoms with E-state index in [2.05, 4.69) is 75.0 Å². The van der Waals surface area contributed by atoms with Gasteiger partial charge in [-0.2, -0.15) is 0 Å². The number of hydrogen-bond acceptors (Lipinski definition) is 1. The lowest BCUT2D eigenvalue weighted by Crippen LogP contribution is -2.24. The first-order chi connectivity index (χ1) is 9.72. The molecule has 0 heterocycles. The van der Waals surface area contributed by atoms with E-state index in [9.17, 15) is 0 Å². The lowest BCUT2D eigenvalue weighted by Gasteiger charge is -2.23. The molecule has 0 saturated heterocycles. The van der Waals surface area contributed by atoms with Crippen LogP contribution in [0.4, 0.5) is 0 Å². The molecule has 1 aliphatic carbocycles. The summed E-state index contributed by atoms with van der Waals surface area (Å²) in [6.07, 6.45) is 10.2. The molecular formula is C17H23BrIN. The minimum atomic E-state index is 0.372. The number of hydrogen-bond donors (Lipinski definition) is 1. The van der Waals surface area contributed by atoms with Crippen molar-refractivity contribution in [1.29, 1.82) is 0 Å². The molecule has 0 spiro atoms. The van der Waals surface area contributed by atoms with E-state index < -0.39 is 0 Å². The minimum absolute atomic E-state index is 0.372. The van der Waals surface area contributed by atoms with E-state index in [1.54, 1.807) is 5.57 Å². The predicted octanol–water partition coefficient (Wildman–Crippen LogP) is 5.98. The lowest BCUT2D eigenvalue weighted by molar-refractivity contribution is 0.565. The Kier molecular flexibility index (Phi) is 7.05. The molecule has 0 aliphatic heterocycles. The first-order valence-electron chi connectivity index (χ1n) is 7.59. The van der Waals surface area contributed by atoms with Gasteiger partial charge < -0.3 is 5.32 Å². The Hall–Kier alpha value is 0.130. The molecule has 0 aromatic heterocycles. The first-order valence-corrected chi connectivity index (χ1v) is 9.46. The molecule has 1 unspecified atom stereocenters. The van der Waals surface area contributed by atoms with Crippen molar-refractivity contribution in [3.63, 3.8) is 0 Å². The van der Waals surface area contributed by atoms with Crippen LogP contribution >= 0.6 is 38.5 Å². The summed E-state index contributed by atoms with van der Waals surface area (Å²) in [4.78, 5) is 0. The smallest absolute Gasteiger partial charge is 0.0547 e. The van der Waals surface area contributed by atoms with Crippen LogP contribution in [0.1, 0.15) is 57.1 Å². The van der Waals surface area contributed by atoms with Gasteiger partial charge in [0.15, 0.2) is 0 Å². The Labute approximate surface area is 144 Å². The Morgan fingerprint density at radius 2 is 2.15 bits per heavy atom. The molecule has 0 fully saturated rings. The zero-order valence-corrected chi connectivity index (χ0v) is 15.8. The summed E-state index contributed by atoms with van der Waals surface area (Å²) in [5.74, 6) is 0. The van der Waals surface area contributed by atoms with Crippen LogP contribution in [0.25, 0.3) is 0 Å². The normalized spacial score (nSPS) is 17.4. The maximum atomic E-state index is 3.75. The van der Waals surface area contributed by atoms with Gasteiger partial charge in [0.25, 0.3) is 0 Å². The third-order valence-electron chi connectivity index (χ3n) is 3.81. The second-order valence-corrected chi connectivity index (χ2v) is 7.53. The Bertz CT molecular complexity index is 470. The average molecular weight is 448 g/mol. The van der Waals surface area contributed by atoms with Crippen molar-refractivity contribution in [2.75, 3.05) is 6.54 Å². The fourth-order valence-corrected chi connectivity index (χ4v) is 3.76. The number of benzene rings is 1. The van der Waals surface area contributed by atoms with E-state index >= 15 is 0 Å². The number of halogens is 2. The predicted molar refractivity (Wildman–Crippen MR) is 99.1 cm³/mol. The SMILES string of the molecule is CCCNC(C1=CCCCCC1)c1cc(I)ccc1Br. The standard InChI is InChI=1S/C17H23BrIN/c1-2-11-20-17(13-7-5-3-4-6-8-13)15-12-14(19)9-10-16(15)18/h7,9-10,12,17,20H,2-6,8,11H2,1H3. The average Bonchev–Trinajstić information content (AvgIpc) is 2.72. The molecule has 1 aliphatic rings. The zero-order valence-electron chi connectivity index (χ0n) is 12.1. The summed E-state index contributed by atoms with van der Waals surface area (Å²) >= 11 is 6.14. The molecule has 1 N–H and O–H groups in total. The van der Waals surface area contributed by atoms with Gasteiger partial charge in [-0.05, 0) is 85.0 Å². The fourth-order valence-electron chi connectivity index (χ4n) is 2.77. The Morgan fingerprint density at radius 1 is 1.30 bits per heavy atom. The molecule has 1 atom stereocenters. The van der Waals surface area contributed by atoms with Gasteiger partial charge in [0.2, 0.25) is 0 Å². The van der Waals surface area contributed by atoms with Crippen molar-refractivity contribution < 1.29 is 0 Å². The molecule has 0 saturated carbocycles. The molecule has 3 heteroatoms. The Balaban J connectivity index is 2.30. The third kappa shape index (κ3) is 4.57. The molecule has 1 aromatic rings. The van der Waals surface area contributed by atoms with Gasteiger partial charge in [0, 0.05) is 8.04 Å². The van der Waals surface area contributed by atoms with Gasteiger partial charge in [-0.25, -0.2) is 0 Å². The van der Waals surface area contributed by atoms with Crippen molar-refractivity contribution in [1.82, 2.24) is 5.32 Å². The molecule has 0 bridgehead atoms. The van der Waals surface area contributed by atoms with Gasteiger partial charge in [-0.15, -0.1) is 0 Å². The quantitative estimate of drug-likeness (QED) is 0.432. The highest BCUT2D eigenvalue weighted by Crippen LogP contribution is 2.34. The van der Waals surface area contributed by atoms with E-state index in [1.165, 1.54) is 52.1 Å². The summed E-state index contributed by atoms with van der Waals surface area (Å²) in [6.45, 7) is 3.30. The van der Waals surface area contributed by atoms with Crippen molar-refractivity contribution in [3.05, 3.63) is 43.5 Å². The maximum absolute atomic E-state index is 3.75. The van der Waals surface area contributed by atoms with Gasteiger partial charge in [0.05, 0.1) is 6.04 Å². The van der Waals surface area contributed by atoms with E-state index in [0.29, 0.717) is 6.04 Å². The van der Waals surface area contributed by atoms with E-state index in [-0.39, 0.29) is 0 Å². The van der Waals surface area contributed by atoms with Crippen molar-refractivity contribution in [3.8, 4) is 0 Å². The lowest BCUT2D eigenvalue weighted by atomic mass is 9.95. The van der Waals surface area contributed by atoms with Crippen LogP contribution in [-0.4, -0.2) is 6.54 Å².